The molecule has 32 heavy (non-hydrogen) atoms. The van der Waals surface area contributed by atoms with Crippen molar-refractivity contribution in [2.24, 2.45) is 0 Å². The predicted molar refractivity (Wildman–Crippen MR) is 121 cm³/mol. The van der Waals surface area contributed by atoms with E-state index in [1.165, 1.54) is 6.04 Å². The van der Waals surface area contributed by atoms with Gasteiger partial charge in [0.1, 0.15) is 18.0 Å². The lowest BCUT2D eigenvalue weighted by molar-refractivity contribution is 0.0515. The van der Waals surface area contributed by atoms with Gasteiger partial charge in [-0.15, -0.1) is 0 Å². The fourth-order valence-electron chi connectivity index (χ4n) is 4.74. The second-order valence-corrected chi connectivity index (χ2v) is 8.50. The summed E-state index contributed by atoms with van der Waals surface area (Å²) in [5.74, 6) is 0.144. The van der Waals surface area contributed by atoms with E-state index < -0.39 is 0 Å². The number of nitrogens with one attached hydrogen (secondary N) is 1. The van der Waals surface area contributed by atoms with Gasteiger partial charge in [-0.2, -0.15) is 5.10 Å². The van der Waals surface area contributed by atoms with Gasteiger partial charge in [0.2, 0.25) is 0 Å². The number of carbonyl (C=O) groups is 1. The zero-order chi connectivity index (χ0) is 21.5. The Hall–Kier alpha value is -3.52. The van der Waals surface area contributed by atoms with Crippen LogP contribution in [0.2, 0.25) is 0 Å². The van der Waals surface area contributed by atoms with E-state index in [0.29, 0.717) is 6.04 Å². The van der Waals surface area contributed by atoms with E-state index in [4.69, 9.17) is 0 Å². The van der Waals surface area contributed by atoms with Gasteiger partial charge in [0.05, 0.1) is 11.9 Å². The molecule has 6 rings (SSSR count). The van der Waals surface area contributed by atoms with Crippen molar-refractivity contribution in [1.29, 1.82) is 0 Å². The highest BCUT2D eigenvalue weighted by Gasteiger charge is 2.37. The van der Waals surface area contributed by atoms with Crippen LogP contribution in [0.25, 0.3) is 22.3 Å². The Balaban J connectivity index is 1.05. The summed E-state index contributed by atoms with van der Waals surface area (Å²) in [6.07, 6.45) is 9.43. The number of aromatic nitrogens is 5. The van der Waals surface area contributed by atoms with Crippen molar-refractivity contribution >= 4 is 16.9 Å². The number of piperidine rings is 1. The summed E-state index contributed by atoms with van der Waals surface area (Å²) in [5.41, 5.74) is 3.51. The lowest BCUT2D eigenvalue weighted by Crippen LogP contribution is -2.56. The van der Waals surface area contributed by atoms with Crippen molar-refractivity contribution < 1.29 is 4.79 Å². The van der Waals surface area contributed by atoms with Gasteiger partial charge in [-0.3, -0.25) is 14.4 Å². The fraction of sp³-hybridized carbons (Fsp3) is 0.292. The molecule has 1 radical (unpaired) electrons. The number of carbonyl (C=O) groups excluding carboxylic acids is 1. The van der Waals surface area contributed by atoms with E-state index in [2.05, 4.69) is 31.1 Å². The van der Waals surface area contributed by atoms with Crippen molar-refractivity contribution in [1.82, 2.24) is 34.5 Å². The summed E-state index contributed by atoms with van der Waals surface area (Å²) < 4.78 is 1.99. The van der Waals surface area contributed by atoms with Crippen molar-refractivity contribution in [2.45, 2.75) is 18.9 Å². The Labute approximate surface area is 185 Å². The smallest absolute Gasteiger partial charge is 0.253 e. The number of aromatic amines is 1. The SMILES string of the molecule is O=C(c1ccccc1)N1CCC(N2C[C](n3cc(-c4ncnc5[nH]ccc45)cn3)C2)CC1. The molecule has 0 atom stereocenters. The third kappa shape index (κ3) is 3.36. The molecule has 2 aliphatic heterocycles. The minimum Gasteiger partial charge on any atom is -0.346 e. The average Bonchev–Trinajstić information content (AvgIpc) is 3.48. The van der Waals surface area contributed by atoms with Crippen LogP contribution in [0.3, 0.4) is 0 Å². The van der Waals surface area contributed by atoms with Crippen molar-refractivity contribution in [3.8, 4) is 11.3 Å². The number of hydrogen-bond acceptors (Lipinski definition) is 5. The van der Waals surface area contributed by atoms with Crippen molar-refractivity contribution in [2.75, 3.05) is 26.2 Å². The van der Waals surface area contributed by atoms with Gasteiger partial charge in [-0.05, 0) is 31.0 Å². The van der Waals surface area contributed by atoms with Crippen molar-refractivity contribution in [3.63, 3.8) is 0 Å². The van der Waals surface area contributed by atoms with Crippen LogP contribution in [0.15, 0.2) is 61.3 Å². The number of nitrogens with zero attached hydrogens (tertiary/aromatic N) is 6. The molecule has 161 valence electrons. The first-order valence-corrected chi connectivity index (χ1v) is 11.0. The van der Waals surface area contributed by atoms with E-state index in [9.17, 15) is 4.79 Å². The van der Waals surface area contributed by atoms with Gasteiger partial charge in [-0.1, -0.05) is 18.2 Å². The van der Waals surface area contributed by atoms with E-state index in [0.717, 1.165) is 66.9 Å². The molecular weight excluding hydrogens is 402 g/mol. The number of likely N-dealkylation sites (tertiary alicyclic amines) is 2. The summed E-state index contributed by atoms with van der Waals surface area (Å²) in [7, 11) is 0. The third-order valence-electron chi connectivity index (χ3n) is 6.59. The van der Waals surface area contributed by atoms with Crippen LogP contribution in [-0.4, -0.2) is 72.7 Å². The highest BCUT2D eigenvalue weighted by Crippen LogP contribution is 2.30. The Morgan fingerprint density at radius 2 is 1.84 bits per heavy atom. The number of hydrogen-bond donors (Lipinski definition) is 1. The molecule has 2 aliphatic rings. The van der Waals surface area contributed by atoms with Crippen LogP contribution in [0.4, 0.5) is 0 Å². The van der Waals surface area contributed by atoms with E-state index in [1.54, 1.807) is 6.33 Å². The first-order chi connectivity index (χ1) is 15.8. The molecule has 0 saturated carbocycles. The molecule has 0 bridgehead atoms. The Kier molecular flexibility index (Phi) is 4.72. The maximum atomic E-state index is 12.7. The van der Waals surface area contributed by atoms with Crippen LogP contribution in [-0.2, 0) is 0 Å². The lowest BCUT2D eigenvalue weighted by Gasteiger charge is -2.46. The fourth-order valence-corrected chi connectivity index (χ4v) is 4.74. The van der Waals surface area contributed by atoms with Crippen LogP contribution in [0.5, 0.6) is 0 Å². The van der Waals surface area contributed by atoms with E-state index >= 15 is 0 Å². The van der Waals surface area contributed by atoms with Gasteiger partial charge in [-0.25, -0.2) is 9.97 Å². The predicted octanol–water partition coefficient (Wildman–Crippen LogP) is 2.82. The third-order valence-corrected chi connectivity index (χ3v) is 6.59. The van der Waals surface area contributed by atoms with Gasteiger partial charge < -0.3 is 9.88 Å². The van der Waals surface area contributed by atoms with Crippen LogP contribution < -0.4 is 0 Å². The number of H-pyrrole nitrogens is 1. The van der Waals surface area contributed by atoms with Crippen LogP contribution >= 0.6 is 0 Å². The zero-order valence-electron chi connectivity index (χ0n) is 17.7. The molecule has 2 saturated heterocycles. The standard InChI is InChI=1S/C24H24N7O/c32-24(17-4-2-1-3-5-17)29-10-7-19(8-11-29)30-14-20(15-30)31-13-18(12-28-31)22-21-6-9-25-23(21)27-16-26-22/h1-6,9,12-13,16,19H,7-8,10-11,14-15H2,(H,25,26,27). The number of fused-ring (bicyclic) bond motifs is 1. The van der Waals surface area contributed by atoms with Gasteiger partial charge in [0.25, 0.3) is 5.91 Å². The Bertz CT molecular complexity index is 1230. The number of amides is 1. The quantitative estimate of drug-likeness (QED) is 0.543. The molecule has 0 unspecified atom stereocenters. The molecule has 1 amide bonds. The second kappa shape index (κ2) is 7.87. The largest absolute Gasteiger partial charge is 0.346 e. The van der Waals surface area contributed by atoms with Crippen molar-refractivity contribution in [3.05, 3.63) is 72.9 Å². The highest BCUT2D eigenvalue weighted by atomic mass is 16.2. The number of benzene rings is 1. The molecule has 8 heteroatoms. The monoisotopic (exact) mass is 426 g/mol. The molecule has 5 heterocycles. The summed E-state index contributed by atoms with van der Waals surface area (Å²) in [6, 6.07) is 13.4. The lowest BCUT2D eigenvalue weighted by atomic mass is 9.97. The molecule has 4 aromatic rings. The van der Waals surface area contributed by atoms with Gasteiger partial charge >= 0.3 is 0 Å². The van der Waals surface area contributed by atoms with Crippen LogP contribution in [0.1, 0.15) is 23.2 Å². The molecule has 1 aromatic carbocycles. The minimum absolute atomic E-state index is 0.144. The molecule has 3 aromatic heterocycles. The summed E-state index contributed by atoms with van der Waals surface area (Å²) >= 11 is 0. The molecule has 0 aliphatic carbocycles. The molecule has 2 fully saturated rings. The minimum atomic E-state index is 0.144. The second-order valence-electron chi connectivity index (χ2n) is 8.50. The number of rotatable bonds is 4. The first kappa shape index (κ1) is 19.2. The molecule has 8 nitrogen and oxygen atoms in total. The molecular formula is C24H24N7O. The normalized spacial score (nSPS) is 18.2. The first-order valence-electron chi connectivity index (χ1n) is 11.0. The van der Waals surface area contributed by atoms with Gasteiger partial charge in [0, 0.05) is 61.1 Å². The Morgan fingerprint density at radius 3 is 2.66 bits per heavy atom. The molecule has 0 spiro atoms. The summed E-state index contributed by atoms with van der Waals surface area (Å²) in [4.78, 5) is 29.0. The maximum absolute atomic E-state index is 12.7. The van der Waals surface area contributed by atoms with E-state index in [-0.39, 0.29) is 5.91 Å². The highest BCUT2D eigenvalue weighted by molar-refractivity contribution is 5.94. The average molecular weight is 427 g/mol. The summed E-state index contributed by atoms with van der Waals surface area (Å²) in [6.45, 7) is 3.47. The molecule has 1 N–H and O–H groups in total. The zero-order valence-corrected chi connectivity index (χ0v) is 17.7. The van der Waals surface area contributed by atoms with E-state index in [1.807, 2.05) is 58.4 Å². The summed E-state index contributed by atoms with van der Waals surface area (Å²) in [5, 5.41) is 5.59. The van der Waals surface area contributed by atoms with Crippen LogP contribution in [0, 0.1) is 6.04 Å². The topological polar surface area (TPSA) is 82.9 Å². The maximum Gasteiger partial charge on any atom is 0.253 e. The Morgan fingerprint density at radius 1 is 1.03 bits per heavy atom. The van der Waals surface area contributed by atoms with Gasteiger partial charge in [0.15, 0.2) is 0 Å².